The monoisotopic (exact) mass is 192 g/mol. The van der Waals surface area contributed by atoms with Gasteiger partial charge in [-0.25, -0.2) is 4.79 Å². The molecule has 0 atom stereocenters. The molecule has 0 aliphatic heterocycles. The largest absolute Gasteiger partial charge is 0.351 e. The molecule has 2 amide bonds. The van der Waals surface area contributed by atoms with Crippen molar-refractivity contribution in [2.24, 2.45) is 5.73 Å². The second-order valence-electron chi connectivity index (χ2n) is 3.06. The van der Waals surface area contributed by atoms with Crippen molar-refractivity contribution in [2.75, 3.05) is 11.4 Å². The van der Waals surface area contributed by atoms with E-state index in [0.29, 0.717) is 6.54 Å². The molecule has 2 N–H and O–H groups in total. The topological polar surface area (TPSA) is 46.3 Å². The standard InChI is InChI=1S/C11H16N2O/c1-3-9-7-5-6-8-10(9)13(4-2)11(12)14/h5-8H,3-4H2,1-2H3,(H2,12,14). The van der Waals surface area contributed by atoms with Crippen molar-refractivity contribution in [1.29, 1.82) is 0 Å². The molecule has 0 saturated carbocycles. The lowest BCUT2D eigenvalue weighted by Gasteiger charge is -2.21. The predicted molar refractivity (Wildman–Crippen MR) is 58.4 cm³/mol. The molecule has 0 unspecified atom stereocenters. The molecule has 0 radical (unpaired) electrons. The Morgan fingerprint density at radius 3 is 2.50 bits per heavy atom. The van der Waals surface area contributed by atoms with Crippen LogP contribution in [0.3, 0.4) is 0 Å². The van der Waals surface area contributed by atoms with Crippen molar-refractivity contribution >= 4 is 11.7 Å². The molecule has 76 valence electrons. The maximum atomic E-state index is 11.1. The lowest BCUT2D eigenvalue weighted by atomic mass is 10.1. The third kappa shape index (κ3) is 2.05. The van der Waals surface area contributed by atoms with Gasteiger partial charge < -0.3 is 5.73 Å². The SMILES string of the molecule is CCc1ccccc1N(CC)C(N)=O. The predicted octanol–water partition coefficient (Wildman–Crippen LogP) is 2.15. The fourth-order valence-corrected chi connectivity index (χ4v) is 1.52. The van der Waals surface area contributed by atoms with Gasteiger partial charge in [-0.2, -0.15) is 0 Å². The van der Waals surface area contributed by atoms with Crippen LogP contribution in [0.2, 0.25) is 0 Å². The third-order valence-electron chi connectivity index (χ3n) is 2.25. The summed E-state index contributed by atoms with van der Waals surface area (Å²) in [6, 6.07) is 7.43. The fourth-order valence-electron chi connectivity index (χ4n) is 1.52. The van der Waals surface area contributed by atoms with Crippen LogP contribution in [0, 0.1) is 0 Å². The van der Waals surface area contributed by atoms with Gasteiger partial charge in [-0.3, -0.25) is 4.90 Å². The zero-order valence-corrected chi connectivity index (χ0v) is 8.66. The van der Waals surface area contributed by atoms with Gasteiger partial charge in [-0.15, -0.1) is 0 Å². The molecular formula is C11H16N2O. The summed E-state index contributed by atoms with van der Waals surface area (Å²) in [6.45, 7) is 4.58. The highest BCUT2D eigenvalue weighted by atomic mass is 16.2. The Balaban J connectivity index is 3.08. The number of para-hydroxylation sites is 1. The van der Waals surface area contributed by atoms with Crippen LogP contribution < -0.4 is 10.6 Å². The van der Waals surface area contributed by atoms with Crippen LogP contribution in [0.15, 0.2) is 24.3 Å². The lowest BCUT2D eigenvalue weighted by Crippen LogP contribution is -2.36. The minimum Gasteiger partial charge on any atom is -0.351 e. The van der Waals surface area contributed by atoms with Gasteiger partial charge in [0.25, 0.3) is 0 Å². The summed E-state index contributed by atoms with van der Waals surface area (Å²) in [5.74, 6) is 0. The molecule has 3 heteroatoms. The first-order chi connectivity index (χ1) is 6.70. The number of primary amides is 1. The van der Waals surface area contributed by atoms with E-state index >= 15 is 0 Å². The van der Waals surface area contributed by atoms with E-state index < -0.39 is 6.03 Å². The Morgan fingerprint density at radius 1 is 1.36 bits per heavy atom. The van der Waals surface area contributed by atoms with Crippen molar-refractivity contribution < 1.29 is 4.79 Å². The lowest BCUT2D eigenvalue weighted by molar-refractivity contribution is 0.254. The molecule has 0 aromatic heterocycles. The van der Waals surface area contributed by atoms with Crippen molar-refractivity contribution in [3.8, 4) is 0 Å². The summed E-state index contributed by atoms with van der Waals surface area (Å²) in [5.41, 5.74) is 7.36. The minimum absolute atomic E-state index is 0.395. The van der Waals surface area contributed by atoms with Gasteiger partial charge in [-0.1, -0.05) is 25.1 Å². The highest BCUT2D eigenvalue weighted by Gasteiger charge is 2.12. The van der Waals surface area contributed by atoms with E-state index in [4.69, 9.17) is 5.73 Å². The van der Waals surface area contributed by atoms with Gasteiger partial charge >= 0.3 is 6.03 Å². The van der Waals surface area contributed by atoms with Gasteiger partial charge in [0, 0.05) is 12.2 Å². The molecule has 1 aromatic carbocycles. The number of urea groups is 1. The highest BCUT2D eigenvalue weighted by molar-refractivity contribution is 5.91. The van der Waals surface area contributed by atoms with Crippen LogP contribution >= 0.6 is 0 Å². The molecule has 1 aromatic rings. The molecule has 0 fully saturated rings. The Morgan fingerprint density at radius 2 is 2.00 bits per heavy atom. The normalized spacial score (nSPS) is 9.86. The minimum atomic E-state index is -0.395. The number of carbonyl (C=O) groups is 1. The quantitative estimate of drug-likeness (QED) is 0.783. The van der Waals surface area contributed by atoms with E-state index in [1.165, 1.54) is 0 Å². The third-order valence-corrected chi connectivity index (χ3v) is 2.25. The van der Waals surface area contributed by atoms with Crippen LogP contribution in [-0.2, 0) is 6.42 Å². The summed E-state index contributed by atoms with van der Waals surface area (Å²) >= 11 is 0. The number of carbonyl (C=O) groups excluding carboxylic acids is 1. The first-order valence-electron chi connectivity index (χ1n) is 4.85. The molecule has 0 spiro atoms. The van der Waals surface area contributed by atoms with Gasteiger partial charge in [0.2, 0.25) is 0 Å². The first kappa shape index (κ1) is 10.6. The van der Waals surface area contributed by atoms with Crippen molar-refractivity contribution in [3.05, 3.63) is 29.8 Å². The van der Waals surface area contributed by atoms with Crippen molar-refractivity contribution in [3.63, 3.8) is 0 Å². The summed E-state index contributed by atoms with van der Waals surface area (Å²) in [7, 11) is 0. The highest BCUT2D eigenvalue weighted by Crippen LogP contribution is 2.20. The van der Waals surface area contributed by atoms with E-state index in [1.807, 2.05) is 31.2 Å². The van der Waals surface area contributed by atoms with Gasteiger partial charge in [-0.05, 0) is 25.0 Å². The molecule has 0 aliphatic rings. The van der Waals surface area contributed by atoms with E-state index in [2.05, 4.69) is 6.92 Å². The number of hydrogen-bond donors (Lipinski definition) is 1. The van der Waals surface area contributed by atoms with Crippen LogP contribution in [0.4, 0.5) is 10.5 Å². The summed E-state index contributed by atoms with van der Waals surface area (Å²) in [4.78, 5) is 12.7. The molecule has 0 bridgehead atoms. The fraction of sp³-hybridized carbons (Fsp3) is 0.364. The van der Waals surface area contributed by atoms with E-state index in [1.54, 1.807) is 4.90 Å². The maximum Gasteiger partial charge on any atom is 0.319 e. The summed E-state index contributed by atoms with van der Waals surface area (Å²) in [5, 5.41) is 0. The summed E-state index contributed by atoms with van der Waals surface area (Å²) < 4.78 is 0. The van der Waals surface area contributed by atoms with Crippen molar-refractivity contribution in [2.45, 2.75) is 20.3 Å². The summed E-state index contributed by atoms with van der Waals surface area (Å²) in [6.07, 6.45) is 0.903. The van der Waals surface area contributed by atoms with E-state index in [9.17, 15) is 4.79 Å². The number of benzene rings is 1. The number of amides is 2. The second kappa shape index (κ2) is 4.65. The molecule has 3 nitrogen and oxygen atoms in total. The van der Waals surface area contributed by atoms with Crippen molar-refractivity contribution in [1.82, 2.24) is 0 Å². The number of nitrogens with zero attached hydrogens (tertiary/aromatic N) is 1. The number of nitrogens with two attached hydrogens (primary N) is 1. The van der Waals surface area contributed by atoms with Crippen LogP contribution in [0.1, 0.15) is 19.4 Å². The zero-order valence-electron chi connectivity index (χ0n) is 8.66. The van der Waals surface area contributed by atoms with Gasteiger partial charge in [0.05, 0.1) is 0 Å². The average molecular weight is 192 g/mol. The van der Waals surface area contributed by atoms with E-state index in [0.717, 1.165) is 17.7 Å². The molecule has 0 aliphatic carbocycles. The Labute approximate surface area is 84.5 Å². The zero-order chi connectivity index (χ0) is 10.6. The number of anilines is 1. The Hall–Kier alpha value is -1.51. The van der Waals surface area contributed by atoms with Crippen LogP contribution in [0.25, 0.3) is 0 Å². The molecule has 0 heterocycles. The van der Waals surface area contributed by atoms with Crippen LogP contribution in [0.5, 0.6) is 0 Å². The number of aryl methyl sites for hydroxylation is 1. The smallest absolute Gasteiger partial charge is 0.319 e. The Bertz CT molecular complexity index is 323. The molecule has 14 heavy (non-hydrogen) atoms. The second-order valence-corrected chi connectivity index (χ2v) is 3.06. The number of hydrogen-bond acceptors (Lipinski definition) is 1. The van der Waals surface area contributed by atoms with Gasteiger partial charge in [0.1, 0.15) is 0 Å². The van der Waals surface area contributed by atoms with Gasteiger partial charge in [0.15, 0.2) is 0 Å². The molecule has 0 saturated heterocycles. The average Bonchev–Trinajstić information content (AvgIpc) is 2.19. The molecular weight excluding hydrogens is 176 g/mol. The first-order valence-corrected chi connectivity index (χ1v) is 4.85. The van der Waals surface area contributed by atoms with Crippen LogP contribution in [-0.4, -0.2) is 12.6 Å². The maximum absolute atomic E-state index is 11.1. The van der Waals surface area contributed by atoms with E-state index in [-0.39, 0.29) is 0 Å². The molecule has 1 rings (SSSR count). The Kier molecular flexibility index (Phi) is 3.51. The number of rotatable bonds is 3.